The highest BCUT2D eigenvalue weighted by molar-refractivity contribution is 5.94. The number of hydrogen-bond donors (Lipinski definition) is 1. The van der Waals surface area contributed by atoms with Gasteiger partial charge < -0.3 is 10.0 Å². The Labute approximate surface area is 123 Å². The Morgan fingerprint density at radius 3 is 2.71 bits per heavy atom. The minimum atomic E-state index is -0.917. The van der Waals surface area contributed by atoms with E-state index in [1.54, 1.807) is 11.4 Å². The molecular formula is C15H19N3O3. The Balaban J connectivity index is 2.41. The molecule has 1 amide bonds. The molecule has 0 unspecified atom stereocenters. The lowest BCUT2D eigenvalue weighted by Gasteiger charge is -2.16. The molecule has 0 bridgehead atoms. The minimum Gasteiger partial charge on any atom is -0.481 e. The molecule has 21 heavy (non-hydrogen) atoms. The molecule has 0 aliphatic heterocycles. The van der Waals surface area contributed by atoms with Crippen molar-refractivity contribution in [3.05, 3.63) is 35.3 Å². The largest absolute Gasteiger partial charge is 0.481 e. The summed E-state index contributed by atoms with van der Waals surface area (Å²) < 4.78 is 1.79. The molecule has 0 saturated heterocycles. The number of carboxylic acid groups (broad SMARTS) is 1. The van der Waals surface area contributed by atoms with Crippen LogP contribution in [0.2, 0.25) is 0 Å². The summed E-state index contributed by atoms with van der Waals surface area (Å²) >= 11 is 0. The van der Waals surface area contributed by atoms with Crippen LogP contribution in [0, 0.1) is 6.92 Å². The van der Waals surface area contributed by atoms with Crippen molar-refractivity contribution in [1.29, 1.82) is 0 Å². The summed E-state index contributed by atoms with van der Waals surface area (Å²) in [5.74, 6) is -1.12. The van der Waals surface area contributed by atoms with E-state index in [9.17, 15) is 9.59 Å². The summed E-state index contributed by atoms with van der Waals surface area (Å²) in [4.78, 5) is 29.1. The first kappa shape index (κ1) is 15.0. The molecule has 112 valence electrons. The maximum absolute atomic E-state index is 12.6. The molecule has 2 aromatic heterocycles. The van der Waals surface area contributed by atoms with Crippen molar-refractivity contribution in [1.82, 2.24) is 14.3 Å². The standard InChI is InChI=1S/C15H19N3O3/c1-4-11-14(15(21)17(3)8-7-13(19)20)18-9-10(2)5-6-12(18)16-11/h5-6,9H,4,7-8H2,1-3H3,(H,19,20). The van der Waals surface area contributed by atoms with Gasteiger partial charge in [0.25, 0.3) is 5.91 Å². The third-order valence-corrected chi connectivity index (χ3v) is 3.38. The van der Waals surface area contributed by atoms with Gasteiger partial charge in [0.2, 0.25) is 0 Å². The third-order valence-electron chi connectivity index (χ3n) is 3.38. The zero-order chi connectivity index (χ0) is 15.6. The Hall–Kier alpha value is -2.37. The molecule has 0 aromatic carbocycles. The van der Waals surface area contributed by atoms with E-state index in [1.165, 1.54) is 4.90 Å². The van der Waals surface area contributed by atoms with E-state index in [-0.39, 0.29) is 18.9 Å². The number of imidazole rings is 1. The van der Waals surface area contributed by atoms with Crippen LogP contribution in [0.15, 0.2) is 18.3 Å². The maximum atomic E-state index is 12.6. The van der Waals surface area contributed by atoms with Crippen molar-refractivity contribution in [2.45, 2.75) is 26.7 Å². The second-order valence-corrected chi connectivity index (χ2v) is 5.07. The number of rotatable bonds is 5. The zero-order valence-electron chi connectivity index (χ0n) is 12.5. The van der Waals surface area contributed by atoms with Gasteiger partial charge in [-0.25, -0.2) is 4.98 Å². The summed E-state index contributed by atoms with van der Waals surface area (Å²) in [6.45, 7) is 4.08. The van der Waals surface area contributed by atoms with Crippen molar-refractivity contribution < 1.29 is 14.7 Å². The molecular weight excluding hydrogens is 270 g/mol. The van der Waals surface area contributed by atoms with Crippen LogP contribution in [0.25, 0.3) is 5.65 Å². The summed E-state index contributed by atoms with van der Waals surface area (Å²) in [7, 11) is 1.61. The average Bonchev–Trinajstić information content (AvgIpc) is 2.81. The number of fused-ring (bicyclic) bond motifs is 1. The highest BCUT2D eigenvalue weighted by Crippen LogP contribution is 2.16. The van der Waals surface area contributed by atoms with E-state index < -0.39 is 5.97 Å². The molecule has 6 nitrogen and oxygen atoms in total. The summed E-state index contributed by atoms with van der Waals surface area (Å²) in [6, 6.07) is 3.83. The van der Waals surface area contributed by atoms with Crippen molar-refractivity contribution in [2.75, 3.05) is 13.6 Å². The second kappa shape index (κ2) is 5.95. The molecule has 2 aromatic rings. The van der Waals surface area contributed by atoms with E-state index in [0.29, 0.717) is 12.1 Å². The SMILES string of the molecule is CCc1nc2ccc(C)cn2c1C(=O)N(C)CCC(=O)O. The second-order valence-electron chi connectivity index (χ2n) is 5.07. The minimum absolute atomic E-state index is 0.0700. The van der Waals surface area contributed by atoms with Gasteiger partial charge in [-0.2, -0.15) is 0 Å². The highest BCUT2D eigenvalue weighted by atomic mass is 16.4. The van der Waals surface area contributed by atoms with Crippen LogP contribution < -0.4 is 0 Å². The van der Waals surface area contributed by atoms with Gasteiger partial charge in [-0.3, -0.25) is 14.0 Å². The lowest BCUT2D eigenvalue weighted by molar-refractivity contribution is -0.137. The molecule has 0 aliphatic carbocycles. The molecule has 0 saturated carbocycles. The number of carbonyl (C=O) groups is 2. The van der Waals surface area contributed by atoms with Crippen LogP contribution in [0.5, 0.6) is 0 Å². The highest BCUT2D eigenvalue weighted by Gasteiger charge is 2.21. The molecule has 2 rings (SSSR count). The van der Waals surface area contributed by atoms with Gasteiger partial charge in [-0.15, -0.1) is 0 Å². The number of carboxylic acids is 1. The van der Waals surface area contributed by atoms with E-state index in [1.807, 2.05) is 32.2 Å². The molecule has 0 radical (unpaired) electrons. The Bertz CT molecular complexity index is 691. The predicted octanol–water partition coefficient (Wildman–Crippen LogP) is 1.75. The zero-order valence-corrected chi connectivity index (χ0v) is 12.5. The lowest BCUT2D eigenvalue weighted by Crippen LogP contribution is -2.30. The normalized spacial score (nSPS) is 10.8. The van der Waals surface area contributed by atoms with Gasteiger partial charge in [0, 0.05) is 19.8 Å². The quantitative estimate of drug-likeness (QED) is 0.910. The molecule has 6 heteroatoms. The molecule has 1 N–H and O–H groups in total. The Morgan fingerprint density at radius 1 is 1.38 bits per heavy atom. The van der Waals surface area contributed by atoms with Gasteiger partial charge in [-0.05, 0) is 25.0 Å². The van der Waals surface area contributed by atoms with Crippen LogP contribution in [0.4, 0.5) is 0 Å². The fourth-order valence-electron chi connectivity index (χ4n) is 2.22. The van der Waals surface area contributed by atoms with Gasteiger partial charge in [0.1, 0.15) is 11.3 Å². The van der Waals surface area contributed by atoms with E-state index in [4.69, 9.17) is 5.11 Å². The average molecular weight is 289 g/mol. The number of nitrogens with zero attached hydrogens (tertiary/aromatic N) is 3. The fourth-order valence-corrected chi connectivity index (χ4v) is 2.22. The van der Waals surface area contributed by atoms with E-state index in [0.717, 1.165) is 16.9 Å². The first-order valence-corrected chi connectivity index (χ1v) is 6.89. The van der Waals surface area contributed by atoms with Crippen molar-refractivity contribution in [3.63, 3.8) is 0 Å². The number of aryl methyl sites for hydroxylation is 2. The number of carbonyl (C=O) groups excluding carboxylic acids is 1. The van der Waals surface area contributed by atoms with Crippen LogP contribution in [0.1, 0.15) is 35.1 Å². The first-order chi connectivity index (χ1) is 9.93. The summed E-state index contributed by atoms with van der Waals surface area (Å²) in [6.07, 6.45) is 2.45. The number of aromatic nitrogens is 2. The predicted molar refractivity (Wildman–Crippen MR) is 78.5 cm³/mol. The van der Waals surface area contributed by atoms with Crippen molar-refractivity contribution in [3.8, 4) is 0 Å². The number of hydrogen-bond acceptors (Lipinski definition) is 3. The van der Waals surface area contributed by atoms with Gasteiger partial charge >= 0.3 is 5.97 Å². The van der Waals surface area contributed by atoms with E-state index in [2.05, 4.69) is 4.98 Å². The van der Waals surface area contributed by atoms with Gasteiger partial charge in [0.05, 0.1) is 12.1 Å². The topological polar surface area (TPSA) is 74.9 Å². The van der Waals surface area contributed by atoms with Gasteiger partial charge in [0.15, 0.2) is 0 Å². The third kappa shape index (κ3) is 3.04. The molecule has 0 atom stereocenters. The summed E-state index contributed by atoms with van der Waals surface area (Å²) in [5, 5.41) is 8.73. The van der Waals surface area contributed by atoms with Crippen molar-refractivity contribution in [2.24, 2.45) is 0 Å². The number of aliphatic carboxylic acids is 1. The van der Waals surface area contributed by atoms with Gasteiger partial charge in [-0.1, -0.05) is 13.0 Å². The Kier molecular flexibility index (Phi) is 4.26. The van der Waals surface area contributed by atoms with Crippen molar-refractivity contribution >= 4 is 17.5 Å². The number of pyridine rings is 1. The van der Waals surface area contributed by atoms with Crippen LogP contribution in [-0.4, -0.2) is 44.9 Å². The fraction of sp³-hybridized carbons (Fsp3) is 0.400. The van der Waals surface area contributed by atoms with Crippen LogP contribution >= 0.6 is 0 Å². The van der Waals surface area contributed by atoms with Crippen LogP contribution in [-0.2, 0) is 11.2 Å². The molecule has 0 fully saturated rings. The van der Waals surface area contributed by atoms with Crippen LogP contribution in [0.3, 0.4) is 0 Å². The Morgan fingerprint density at radius 2 is 2.10 bits per heavy atom. The molecule has 2 heterocycles. The smallest absolute Gasteiger partial charge is 0.305 e. The number of amides is 1. The first-order valence-electron chi connectivity index (χ1n) is 6.89. The monoisotopic (exact) mass is 289 g/mol. The molecule has 0 spiro atoms. The maximum Gasteiger partial charge on any atom is 0.305 e. The lowest BCUT2D eigenvalue weighted by atomic mass is 10.2. The van der Waals surface area contributed by atoms with E-state index >= 15 is 0 Å². The summed E-state index contributed by atoms with van der Waals surface area (Å²) in [5.41, 5.74) is 3.01. The molecule has 0 aliphatic rings.